The first-order valence-electron chi connectivity index (χ1n) is 6.19. The maximum Gasteiger partial charge on any atom is 0.128 e. The number of ether oxygens (including phenoxy) is 1. The molecule has 0 atom stereocenters. The summed E-state index contributed by atoms with van der Waals surface area (Å²) in [6.07, 6.45) is 1.85. The lowest BCUT2D eigenvalue weighted by molar-refractivity contribution is 0.407. The van der Waals surface area contributed by atoms with Crippen LogP contribution in [0, 0.1) is 13.8 Å². The summed E-state index contributed by atoms with van der Waals surface area (Å²) in [5.74, 6) is 1.68. The van der Waals surface area contributed by atoms with Crippen LogP contribution in [-0.2, 0) is 5.75 Å². The summed E-state index contributed by atoms with van der Waals surface area (Å²) in [7, 11) is 1.69. The number of nitrogens with zero attached hydrogens (tertiary/aromatic N) is 1. The number of nitrogens with two attached hydrogens (primary N) is 1. The Morgan fingerprint density at radius 1 is 1.35 bits per heavy atom. The third kappa shape index (κ3) is 3.27. The molecule has 1 aromatic carbocycles. The van der Waals surface area contributed by atoms with Gasteiger partial charge in [-0.05, 0) is 32.0 Å². The van der Waals surface area contributed by atoms with Crippen LogP contribution in [0.4, 0.5) is 5.69 Å². The van der Waals surface area contributed by atoms with E-state index in [2.05, 4.69) is 20.9 Å². The van der Waals surface area contributed by atoms with E-state index in [0.29, 0.717) is 0 Å². The van der Waals surface area contributed by atoms with Crippen LogP contribution in [0.25, 0.3) is 0 Å². The molecular formula is C15H17BrN2OS. The molecule has 5 heteroatoms. The number of halogens is 1. The average molecular weight is 353 g/mol. The van der Waals surface area contributed by atoms with Crippen molar-refractivity contribution in [1.29, 1.82) is 0 Å². The Morgan fingerprint density at radius 2 is 2.10 bits per heavy atom. The van der Waals surface area contributed by atoms with Gasteiger partial charge in [0.05, 0.1) is 12.8 Å². The van der Waals surface area contributed by atoms with E-state index in [1.165, 1.54) is 0 Å². The number of pyridine rings is 1. The largest absolute Gasteiger partial charge is 0.496 e. The summed E-state index contributed by atoms with van der Waals surface area (Å²) in [5.41, 5.74) is 9.94. The molecule has 1 heterocycles. The zero-order valence-corrected chi connectivity index (χ0v) is 14.1. The summed E-state index contributed by atoms with van der Waals surface area (Å²) in [5, 5.41) is 0. The molecule has 2 N–H and O–H groups in total. The first-order valence-corrected chi connectivity index (χ1v) is 7.97. The summed E-state index contributed by atoms with van der Waals surface area (Å²) in [6.45, 7) is 4.04. The Morgan fingerprint density at radius 3 is 2.80 bits per heavy atom. The van der Waals surface area contributed by atoms with Crippen molar-refractivity contribution in [2.45, 2.75) is 24.5 Å². The predicted molar refractivity (Wildman–Crippen MR) is 88.4 cm³/mol. The third-order valence-corrected chi connectivity index (χ3v) is 4.67. The summed E-state index contributed by atoms with van der Waals surface area (Å²) in [4.78, 5) is 5.56. The zero-order chi connectivity index (χ0) is 14.7. The van der Waals surface area contributed by atoms with Gasteiger partial charge in [-0.1, -0.05) is 15.9 Å². The lowest BCUT2D eigenvalue weighted by Gasteiger charge is -2.12. The number of rotatable bonds is 4. The van der Waals surface area contributed by atoms with Crippen LogP contribution in [0.1, 0.15) is 16.8 Å². The van der Waals surface area contributed by atoms with E-state index in [4.69, 9.17) is 10.5 Å². The number of nitrogen functional groups attached to an aromatic ring is 1. The van der Waals surface area contributed by atoms with Crippen molar-refractivity contribution in [2.24, 2.45) is 0 Å². The first-order chi connectivity index (χ1) is 9.52. The van der Waals surface area contributed by atoms with Gasteiger partial charge in [0.1, 0.15) is 5.75 Å². The van der Waals surface area contributed by atoms with Crippen molar-refractivity contribution in [3.05, 3.63) is 45.7 Å². The van der Waals surface area contributed by atoms with Crippen molar-refractivity contribution in [2.75, 3.05) is 12.8 Å². The van der Waals surface area contributed by atoms with Crippen molar-refractivity contribution < 1.29 is 4.74 Å². The molecule has 3 nitrogen and oxygen atoms in total. The number of thioether (sulfide) groups is 1. The van der Waals surface area contributed by atoms with Gasteiger partial charge in [0.2, 0.25) is 0 Å². The Kier molecular flexibility index (Phi) is 4.94. The van der Waals surface area contributed by atoms with E-state index in [1.54, 1.807) is 18.9 Å². The van der Waals surface area contributed by atoms with Crippen LogP contribution in [0.2, 0.25) is 0 Å². The average Bonchev–Trinajstić information content (AvgIpc) is 2.42. The topological polar surface area (TPSA) is 48.1 Å². The number of methoxy groups -OCH3 is 1. The summed E-state index contributed by atoms with van der Waals surface area (Å²) >= 11 is 5.15. The molecule has 0 saturated carbocycles. The van der Waals surface area contributed by atoms with Gasteiger partial charge in [0.15, 0.2) is 0 Å². The maximum absolute atomic E-state index is 5.99. The lowest BCUT2D eigenvalue weighted by Crippen LogP contribution is -1.99. The van der Waals surface area contributed by atoms with E-state index in [1.807, 2.05) is 38.2 Å². The van der Waals surface area contributed by atoms with Crippen molar-refractivity contribution in [1.82, 2.24) is 4.98 Å². The van der Waals surface area contributed by atoms with Gasteiger partial charge in [0.25, 0.3) is 0 Å². The van der Waals surface area contributed by atoms with Crippen LogP contribution in [0.5, 0.6) is 5.75 Å². The maximum atomic E-state index is 5.99. The highest BCUT2D eigenvalue weighted by Gasteiger charge is 2.10. The Balaban J connectivity index is 2.21. The minimum Gasteiger partial charge on any atom is -0.496 e. The van der Waals surface area contributed by atoms with Gasteiger partial charge in [-0.2, -0.15) is 0 Å². The van der Waals surface area contributed by atoms with Gasteiger partial charge in [-0.3, -0.25) is 4.98 Å². The van der Waals surface area contributed by atoms with Gasteiger partial charge < -0.3 is 10.5 Å². The molecule has 0 saturated heterocycles. The highest BCUT2D eigenvalue weighted by Crippen LogP contribution is 2.33. The molecule has 106 valence electrons. The number of anilines is 1. The van der Waals surface area contributed by atoms with Crippen molar-refractivity contribution in [3.63, 3.8) is 0 Å². The Labute approximate surface area is 132 Å². The van der Waals surface area contributed by atoms with E-state index in [0.717, 1.165) is 43.4 Å². The smallest absolute Gasteiger partial charge is 0.128 e. The molecule has 0 bridgehead atoms. The van der Waals surface area contributed by atoms with E-state index in [-0.39, 0.29) is 0 Å². The molecule has 0 aliphatic rings. The SMILES string of the molecule is COc1c(C)cnc(CSc2cc(Br)ccc2N)c1C. The summed E-state index contributed by atoms with van der Waals surface area (Å²) < 4.78 is 6.46. The van der Waals surface area contributed by atoms with Crippen LogP contribution in [0.3, 0.4) is 0 Å². The van der Waals surface area contributed by atoms with Crippen LogP contribution in [-0.4, -0.2) is 12.1 Å². The number of hydrogen-bond donors (Lipinski definition) is 1. The molecular weight excluding hydrogens is 336 g/mol. The fourth-order valence-corrected chi connectivity index (χ4v) is 3.54. The molecule has 0 unspecified atom stereocenters. The predicted octanol–water partition coefficient (Wildman–Crippen LogP) is 4.34. The van der Waals surface area contributed by atoms with Gasteiger partial charge in [0, 0.05) is 38.1 Å². The molecule has 2 rings (SSSR count). The zero-order valence-electron chi connectivity index (χ0n) is 11.7. The van der Waals surface area contributed by atoms with Crippen LogP contribution in [0.15, 0.2) is 33.8 Å². The monoisotopic (exact) mass is 352 g/mol. The number of benzene rings is 1. The van der Waals surface area contributed by atoms with Crippen molar-refractivity contribution in [3.8, 4) is 5.75 Å². The second kappa shape index (κ2) is 6.50. The number of aryl methyl sites for hydroxylation is 1. The quantitative estimate of drug-likeness (QED) is 0.656. The van der Waals surface area contributed by atoms with Gasteiger partial charge in [-0.15, -0.1) is 11.8 Å². The normalized spacial score (nSPS) is 10.6. The van der Waals surface area contributed by atoms with E-state index in [9.17, 15) is 0 Å². The molecule has 0 spiro atoms. The summed E-state index contributed by atoms with van der Waals surface area (Å²) in [6, 6.07) is 5.88. The Bertz CT molecular complexity index is 632. The van der Waals surface area contributed by atoms with Crippen molar-refractivity contribution >= 4 is 33.4 Å². The van der Waals surface area contributed by atoms with E-state index < -0.39 is 0 Å². The van der Waals surface area contributed by atoms with Crippen LogP contribution >= 0.6 is 27.7 Å². The molecule has 2 aromatic rings. The fraction of sp³-hybridized carbons (Fsp3) is 0.267. The standard InChI is InChI=1S/C15H17BrN2OS/c1-9-7-18-13(10(2)15(9)19-3)8-20-14-6-11(16)4-5-12(14)17/h4-7H,8,17H2,1-3H3. The molecule has 0 fully saturated rings. The van der Waals surface area contributed by atoms with E-state index >= 15 is 0 Å². The Hall–Kier alpha value is -1.20. The fourth-order valence-electron chi connectivity index (χ4n) is 2.00. The molecule has 0 aliphatic heterocycles. The highest BCUT2D eigenvalue weighted by atomic mass is 79.9. The van der Waals surface area contributed by atoms with Crippen LogP contribution < -0.4 is 10.5 Å². The molecule has 20 heavy (non-hydrogen) atoms. The molecule has 0 aliphatic carbocycles. The number of aromatic nitrogens is 1. The molecule has 0 radical (unpaired) electrons. The number of hydrogen-bond acceptors (Lipinski definition) is 4. The van der Waals surface area contributed by atoms with Gasteiger partial charge in [-0.25, -0.2) is 0 Å². The van der Waals surface area contributed by atoms with Gasteiger partial charge >= 0.3 is 0 Å². The lowest BCUT2D eigenvalue weighted by atomic mass is 10.1. The second-order valence-electron chi connectivity index (χ2n) is 4.52. The first kappa shape index (κ1) is 15.2. The third-order valence-electron chi connectivity index (χ3n) is 3.09. The minimum atomic E-state index is 0.767. The second-order valence-corrected chi connectivity index (χ2v) is 6.45. The molecule has 0 amide bonds. The molecule has 1 aromatic heterocycles. The minimum absolute atomic E-state index is 0.767. The highest BCUT2D eigenvalue weighted by molar-refractivity contribution is 9.10.